The van der Waals surface area contributed by atoms with Gasteiger partial charge in [0.1, 0.15) is 5.65 Å². The molecule has 3 aromatic carbocycles. The van der Waals surface area contributed by atoms with E-state index < -0.39 is 0 Å². The van der Waals surface area contributed by atoms with Gasteiger partial charge in [0.05, 0.1) is 16.7 Å². The maximum atomic E-state index is 4.58. The van der Waals surface area contributed by atoms with E-state index in [1.165, 1.54) is 0 Å². The van der Waals surface area contributed by atoms with Crippen LogP contribution in [0.2, 0.25) is 0 Å². The zero-order chi connectivity index (χ0) is 15.9. The summed E-state index contributed by atoms with van der Waals surface area (Å²) >= 11 is 0. The molecule has 0 saturated heterocycles. The first kappa shape index (κ1) is 13.1. The van der Waals surface area contributed by atoms with Gasteiger partial charge in [-0.3, -0.25) is 4.40 Å². The van der Waals surface area contributed by atoms with Crippen LogP contribution >= 0.6 is 0 Å². The molecule has 1 N–H and O–H groups in total. The van der Waals surface area contributed by atoms with Crippen molar-refractivity contribution in [3.05, 3.63) is 78.9 Å². The van der Waals surface area contributed by atoms with E-state index in [0.717, 1.165) is 39.0 Å². The summed E-state index contributed by atoms with van der Waals surface area (Å²) < 4.78 is 2.15. The fourth-order valence-electron chi connectivity index (χ4n) is 3.19. The van der Waals surface area contributed by atoms with Crippen LogP contribution in [-0.4, -0.2) is 9.38 Å². The van der Waals surface area contributed by atoms with Gasteiger partial charge in [-0.1, -0.05) is 54.6 Å². The highest BCUT2D eigenvalue weighted by Crippen LogP contribution is 2.36. The Labute approximate surface area is 138 Å². The van der Waals surface area contributed by atoms with Crippen LogP contribution in [0.5, 0.6) is 0 Å². The second-order valence-electron chi connectivity index (χ2n) is 5.73. The summed E-state index contributed by atoms with van der Waals surface area (Å²) in [4.78, 5) is 3.50. The number of rotatable bonds is 2. The van der Waals surface area contributed by atoms with Gasteiger partial charge in [0.2, 0.25) is 0 Å². The van der Waals surface area contributed by atoms with Crippen LogP contribution in [0, 0.1) is 0 Å². The number of benzene rings is 3. The minimum atomic E-state index is 0.844. The fourth-order valence-corrected chi connectivity index (χ4v) is 3.19. The number of fused-ring (bicyclic) bond motifs is 5. The first-order valence-corrected chi connectivity index (χ1v) is 7.88. The molecule has 24 heavy (non-hydrogen) atoms. The smallest absolute Gasteiger partial charge is 0.169 e. The fraction of sp³-hybridized carbons (Fsp3) is 0. The van der Waals surface area contributed by atoms with Gasteiger partial charge >= 0.3 is 0 Å². The van der Waals surface area contributed by atoms with Crippen molar-refractivity contribution in [3.63, 3.8) is 0 Å². The van der Waals surface area contributed by atoms with E-state index in [1.54, 1.807) is 0 Å². The summed E-state index contributed by atoms with van der Waals surface area (Å²) in [6.45, 7) is 0. The summed E-state index contributed by atoms with van der Waals surface area (Å²) in [5, 5.41) is 11.2. The molecular weight excluding hydrogens is 296 g/mol. The van der Waals surface area contributed by atoms with E-state index in [4.69, 9.17) is 0 Å². The van der Waals surface area contributed by atoms with Gasteiger partial charge < -0.3 is 4.98 Å². The van der Waals surface area contributed by atoms with Gasteiger partial charge in [-0.05, 0) is 24.3 Å². The Balaban J connectivity index is 1.85. The molecule has 5 rings (SSSR count). The van der Waals surface area contributed by atoms with Crippen LogP contribution in [0.1, 0.15) is 0 Å². The third-order valence-corrected chi connectivity index (χ3v) is 4.27. The van der Waals surface area contributed by atoms with E-state index in [2.05, 4.69) is 43.9 Å². The number of azo groups is 1. The molecule has 0 aliphatic rings. The van der Waals surface area contributed by atoms with Gasteiger partial charge in [-0.2, -0.15) is 0 Å². The largest absolute Gasteiger partial charge is 0.339 e. The van der Waals surface area contributed by atoms with Crippen molar-refractivity contribution < 1.29 is 0 Å². The number of imidazole rings is 1. The molecule has 0 aliphatic carbocycles. The van der Waals surface area contributed by atoms with Crippen LogP contribution in [0.25, 0.3) is 27.5 Å². The molecule has 0 aliphatic heterocycles. The molecule has 5 aromatic rings. The van der Waals surface area contributed by atoms with Crippen LogP contribution in [0.15, 0.2) is 89.1 Å². The van der Waals surface area contributed by atoms with Crippen LogP contribution in [-0.2, 0) is 0 Å². The molecule has 0 atom stereocenters. The van der Waals surface area contributed by atoms with E-state index in [1.807, 2.05) is 54.6 Å². The minimum absolute atomic E-state index is 0.844. The average Bonchev–Trinajstić information content (AvgIpc) is 3.16. The SMILES string of the molecule is c1ccc(N=Nc2c3ccccc3c3[nH]c4ccccc4n23)cc1. The zero-order valence-corrected chi connectivity index (χ0v) is 12.8. The van der Waals surface area contributed by atoms with Crippen LogP contribution in [0.4, 0.5) is 11.5 Å². The molecule has 0 saturated carbocycles. The highest BCUT2D eigenvalue weighted by Gasteiger charge is 2.15. The molecule has 4 heteroatoms. The Morgan fingerprint density at radius 3 is 2.25 bits per heavy atom. The van der Waals surface area contributed by atoms with Crippen molar-refractivity contribution in [2.75, 3.05) is 0 Å². The second-order valence-corrected chi connectivity index (χ2v) is 5.73. The molecule has 0 radical (unpaired) electrons. The van der Waals surface area contributed by atoms with Gasteiger partial charge in [0.25, 0.3) is 0 Å². The molecule has 2 heterocycles. The number of nitrogens with one attached hydrogen (secondary N) is 1. The number of nitrogens with zero attached hydrogens (tertiary/aromatic N) is 3. The summed E-state index contributed by atoms with van der Waals surface area (Å²) in [5.41, 5.74) is 4.09. The molecule has 4 nitrogen and oxygen atoms in total. The average molecular weight is 310 g/mol. The van der Waals surface area contributed by atoms with Crippen molar-refractivity contribution in [1.82, 2.24) is 9.38 Å². The van der Waals surface area contributed by atoms with Crippen molar-refractivity contribution in [1.29, 1.82) is 0 Å². The Morgan fingerprint density at radius 2 is 1.38 bits per heavy atom. The zero-order valence-electron chi connectivity index (χ0n) is 12.8. The van der Waals surface area contributed by atoms with Crippen LogP contribution < -0.4 is 0 Å². The Hall–Kier alpha value is -3.40. The lowest BCUT2D eigenvalue weighted by molar-refractivity contribution is 1.15. The monoisotopic (exact) mass is 310 g/mol. The number of H-pyrrole nitrogens is 1. The van der Waals surface area contributed by atoms with Gasteiger partial charge in [0, 0.05) is 10.8 Å². The van der Waals surface area contributed by atoms with E-state index in [0.29, 0.717) is 0 Å². The van der Waals surface area contributed by atoms with Crippen molar-refractivity contribution >= 4 is 39.0 Å². The lowest BCUT2D eigenvalue weighted by Crippen LogP contribution is -1.78. The number of aromatic nitrogens is 2. The molecule has 0 bridgehead atoms. The normalized spacial score (nSPS) is 12.0. The van der Waals surface area contributed by atoms with Crippen LogP contribution in [0.3, 0.4) is 0 Å². The molecule has 114 valence electrons. The topological polar surface area (TPSA) is 44.9 Å². The number of aromatic amines is 1. The molecule has 0 fully saturated rings. The third kappa shape index (κ3) is 1.86. The summed E-state index contributed by atoms with van der Waals surface area (Å²) in [6, 6.07) is 26.3. The minimum Gasteiger partial charge on any atom is -0.339 e. The van der Waals surface area contributed by atoms with E-state index >= 15 is 0 Å². The molecular formula is C20H14N4. The first-order chi connectivity index (χ1) is 11.9. The quantitative estimate of drug-likeness (QED) is 0.389. The second kappa shape index (κ2) is 5.06. The summed E-state index contributed by atoms with van der Waals surface area (Å²) in [7, 11) is 0. The first-order valence-electron chi connectivity index (χ1n) is 7.88. The lowest BCUT2D eigenvalue weighted by atomic mass is 10.2. The maximum Gasteiger partial charge on any atom is 0.169 e. The number of hydrogen-bond acceptors (Lipinski definition) is 2. The maximum absolute atomic E-state index is 4.58. The Morgan fingerprint density at radius 1 is 0.667 bits per heavy atom. The highest BCUT2D eigenvalue weighted by molar-refractivity contribution is 6.06. The third-order valence-electron chi connectivity index (χ3n) is 4.27. The standard InChI is InChI=1S/C20H14N4/c1-2-8-14(9-3-1)22-23-20-16-11-5-4-10-15(16)19-21-17-12-6-7-13-18(17)24(19)20/h1-13,21H. The number of hydrogen-bond donors (Lipinski definition) is 1. The van der Waals surface area contributed by atoms with Crippen molar-refractivity contribution in [2.24, 2.45) is 10.2 Å². The highest BCUT2D eigenvalue weighted by atomic mass is 15.2. The summed E-state index contributed by atoms with van der Waals surface area (Å²) in [6.07, 6.45) is 0. The predicted octanol–water partition coefficient (Wildman–Crippen LogP) is 5.99. The predicted molar refractivity (Wildman–Crippen MR) is 97.4 cm³/mol. The van der Waals surface area contributed by atoms with Crippen molar-refractivity contribution in [2.45, 2.75) is 0 Å². The van der Waals surface area contributed by atoms with Gasteiger partial charge in [-0.25, -0.2) is 0 Å². The van der Waals surface area contributed by atoms with E-state index in [-0.39, 0.29) is 0 Å². The van der Waals surface area contributed by atoms with Gasteiger partial charge in [-0.15, -0.1) is 10.2 Å². The molecule has 0 spiro atoms. The molecule has 0 unspecified atom stereocenters. The van der Waals surface area contributed by atoms with Crippen molar-refractivity contribution in [3.8, 4) is 0 Å². The Kier molecular flexibility index (Phi) is 2.76. The van der Waals surface area contributed by atoms with Gasteiger partial charge in [0.15, 0.2) is 5.82 Å². The lowest BCUT2D eigenvalue weighted by Gasteiger charge is -1.96. The molecule has 0 amide bonds. The van der Waals surface area contributed by atoms with E-state index in [9.17, 15) is 0 Å². The Bertz CT molecular complexity index is 1190. The summed E-state index contributed by atoms with van der Waals surface area (Å²) in [5.74, 6) is 0.849. The number of para-hydroxylation sites is 2. The molecule has 2 aromatic heterocycles.